The van der Waals surface area contributed by atoms with Gasteiger partial charge in [0.2, 0.25) is 15.9 Å². The standard InChI is InChI=1S/C23H20Cl3N3O3S/c1-3-28-20-7-5-4-6-15(20)16-10-14(8-9-21(16)28)27-23(30)13-29(33(2,31)32)22-12-18(25)17(24)11-19(22)26/h4-12H,3,13H2,1-2H3,(H,27,30). The van der Waals surface area contributed by atoms with Crippen LogP contribution in [0.15, 0.2) is 54.6 Å². The topological polar surface area (TPSA) is 71.4 Å². The van der Waals surface area contributed by atoms with Crippen molar-refractivity contribution in [1.29, 1.82) is 0 Å². The molecule has 0 fully saturated rings. The van der Waals surface area contributed by atoms with Crippen LogP contribution in [0.5, 0.6) is 0 Å². The number of halogens is 3. The second-order valence-corrected chi connectivity index (χ2v) is 10.7. The van der Waals surface area contributed by atoms with E-state index in [2.05, 4.69) is 22.9 Å². The van der Waals surface area contributed by atoms with Crippen LogP contribution >= 0.6 is 34.8 Å². The van der Waals surface area contributed by atoms with Crippen LogP contribution in [0.2, 0.25) is 15.1 Å². The van der Waals surface area contributed by atoms with E-state index in [0.717, 1.165) is 38.9 Å². The SMILES string of the molecule is CCn1c2ccccc2c2cc(NC(=O)CN(c3cc(Cl)c(Cl)cc3Cl)S(C)(=O)=O)ccc21. The van der Waals surface area contributed by atoms with E-state index >= 15 is 0 Å². The number of amides is 1. The zero-order chi connectivity index (χ0) is 23.9. The number of sulfonamides is 1. The molecular weight excluding hydrogens is 505 g/mol. The molecule has 0 aliphatic carbocycles. The molecule has 172 valence electrons. The van der Waals surface area contributed by atoms with Crippen LogP contribution in [0.25, 0.3) is 21.8 Å². The molecule has 10 heteroatoms. The monoisotopic (exact) mass is 523 g/mol. The van der Waals surface area contributed by atoms with Crippen molar-refractivity contribution in [2.45, 2.75) is 13.5 Å². The third-order valence-electron chi connectivity index (χ3n) is 5.32. The van der Waals surface area contributed by atoms with Gasteiger partial charge in [0.25, 0.3) is 0 Å². The normalized spacial score (nSPS) is 11.8. The van der Waals surface area contributed by atoms with Crippen LogP contribution in [0, 0.1) is 0 Å². The second kappa shape index (κ2) is 9.06. The fourth-order valence-corrected chi connectivity index (χ4v) is 5.44. The molecule has 1 amide bonds. The lowest BCUT2D eigenvalue weighted by atomic mass is 10.1. The fourth-order valence-electron chi connectivity index (χ4n) is 3.89. The highest BCUT2D eigenvalue weighted by Gasteiger charge is 2.24. The highest BCUT2D eigenvalue weighted by atomic mass is 35.5. The van der Waals surface area contributed by atoms with Crippen LogP contribution in [-0.2, 0) is 21.4 Å². The third-order valence-corrected chi connectivity index (χ3v) is 7.47. The van der Waals surface area contributed by atoms with Crippen LogP contribution < -0.4 is 9.62 Å². The first-order chi connectivity index (χ1) is 15.6. The molecule has 1 aromatic heterocycles. The maximum atomic E-state index is 12.8. The molecule has 0 radical (unpaired) electrons. The molecule has 0 aliphatic rings. The van der Waals surface area contributed by atoms with Crippen molar-refractivity contribution in [3.8, 4) is 0 Å². The van der Waals surface area contributed by atoms with E-state index in [9.17, 15) is 13.2 Å². The number of carbonyl (C=O) groups excluding carboxylic acids is 1. The molecule has 1 N–H and O–H groups in total. The zero-order valence-corrected chi connectivity index (χ0v) is 20.9. The predicted molar refractivity (Wildman–Crippen MR) is 137 cm³/mol. The van der Waals surface area contributed by atoms with Crippen molar-refractivity contribution in [2.75, 3.05) is 22.4 Å². The first-order valence-electron chi connectivity index (χ1n) is 10.0. The van der Waals surface area contributed by atoms with Gasteiger partial charge in [-0.2, -0.15) is 0 Å². The summed E-state index contributed by atoms with van der Waals surface area (Å²) in [6.07, 6.45) is 0.991. The summed E-state index contributed by atoms with van der Waals surface area (Å²) in [6.45, 7) is 2.41. The van der Waals surface area contributed by atoms with Crippen molar-refractivity contribution in [2.24, 2.45) is 0 Å². The quantitative estimate of drug-likeness (QED) is 0.306. The van der Waals surface area contributed by atoms with E-state index < -0.39 is 22.5 Å². The molecule has 3 aromatic carbocycles. The number of fused-ring (bicyclic) bond motifs is 3. The Morgan fingerprint density at radius 3 is 2.30 bits per heavy atom. The maximum absolute atomic E-state index is 12.8. The Kier molecular flexibility index (Phi) is 6.51. The Morgan fingerprint density at radius 2 is 1.61 bits per heavy atom. The van der Waals surface area contributed by atoms with E-state index in [1.807, 2.05) is 30.3 Å². The molecule has 0 aliphatic heterocycles. The molecule has 0 saturated heterocycles. The van der Waals surface area contributed by atoms with Gasteiger partial charge in [0.1, 0.15) is 6.54 Å². The number of hydrogen-bond acceptors (Lipinski definition) is 3. The lowest BCUT2D eigenvalue weighted by Crippen LogP contribution is -2.37. The van der Waals surface area contributed by atoms with Crippen LogP contribution in [0.3, 0.4) is 0 Å². The van der Waals surface area contributed by atoms with Crippen molar-refractivity contribution < 1.29 is 13.2 Å². The van der Waals surface area contributed by atoms with Gasteiger partial charge in [-0.25, -0.2) is 8.42 Å². The summed E-state index contributed by atoms with van der Waals surface area (Å²) in [5.74, 6) is -0.527. The van der Waals surface area contributed by atoms with Crippen molar-refractivity contribution in [3.05, 3.63) is 69.7 Å². The number of benzene rings is 3. The fraction of sp³-hybridized carbons (Fsp3) is 0.174. The number of aryl methyl sites for hydroxylation is 1. The molecule has 6 nitrogen and oxygen atoms in total. The minimum absolute atomic E-state index is 0.0661. The summed E-state index contributed by atoms with van der Waals surface area (Å²) in [6, 6.07) is 16.3. The van der Waals surface area contributed by atoms with Crippen LogP contribution in [-0.4, -0.2) is 31.7 Å². The van der Waals surface area contributed by atoms with Gasteiger partial charge < -0.3 is 9.88 Å². The Hall–Kier alpha value is -2.45. The number of carbonyl (C=O) groups is 1. The van der Waals surface area contributed by atoms with Gasteiger partial charge in [0, 0.05) is 34.0 Å². The summed E-state index contributed by atoms with van der Waals surface area (Å²) < 4.78 is 28.0. The lowest BCUT2D eigenvalue weighted by molar-refractivity contribution is -0.114. The lowest BCUT2D eigenvalue weighted by Gasteiger charge is -2.23. The van der Waals surface area contributed by atoms with E-state index in [4.69, 9.17) is 34.8 Å². The van der Waals surface area contributed by atoms with Crippen LogP contribution in [0.4, 0.5) is 11.4 Å². The van der Waals surface area contributed by atoms with E-state index in [1.54, 1.807) is 6.07 Å². The van der Waals surface area contributed by atoms with Gasteiger partial charge in [-0.15, -0.1) is 0 Å². The Morgan fingerprint density at radius 1 is 0.939 bits per heavy atom. The Labute approximate surface area is 206 Å². The zero-order valence-electron chi connectivity index (χ0n) is 17.8. The number of rotatable bonds is 6. The first-order valence-corrected chi connectivity index (χ1v) is 13.0. The largest absolute Gasteiger partial charge is 0.341 e. The number of nitrogens with zero attached hydrogens (tertiary/aromatic N) is 2. The number of aromatic nitrogens is 1. The molecule has 0 saturated carbocycles. The molecule has 4 rings (SSSR count). The van der Waals surface area contributed by atoms with Crippen LogP contribution in [0.1, 0.15) is 6.92 Å². The molecule has 0 bridgehead atoms. The molecule has 33 heavy (non-hydrogen) atoms. The molecular formula is C23H20Cl3N3O3S. The summed E-state index contributed by atoms with van der Waals surface area (Å²) >= 11 is 18.2. The Balaban J connectivity index is 1.66. The van der Waals surface area contributed by atoms with E-state index in [0.29, 0.717) is 5.69 Å². The highest BCUT2D eigenvalue weighted by molar-refractivity contribution is 7.92. The molecule has 0 unspecified atom stereocenters. The minimum Gasteiger partial charge on any atom is -0.341 e. The smallest absolute Gasteiger partial charge is 0.245 e. The van der Waals surface area contributed by atoms with Gasteiger partial charge in [0.15, 0.2) is 0 Å². The number of nitrogens with one attached hydrogen (secondary N) is 1. The van der Waals surface area contributed by atoms with E-state index in [-0.39, 0.29) is 20.8 Å². The Bertz CT molecular complexity index is 1500. The summed E-state index contributed by atoms with van der Waals surface area (Å²) in [5.41, 5.74) is 2.79. The average molecular weight is 525 g/mol. The van der Waals surface area contributed by atoms with Gasteiger partial charge in [0.05, 0.1) is 27.0 Å². The first kappa shape index (κ1) is 23.7. The van der Waals surface area contributed by atoms with Gasteiger partial charge in [-0.3, -0.25) is 9.10 Å². The minimum atomic E-state index is -3.84. The van der Waals surface area contributed by atoms with E-state index in [1.165, 1.54) is 12.1 Å². The van der Waals surface area contributed by atoms with Crippen molar-refractivity contribution >= 4 is 83.9 Å². The highest BCUT2D eigenvalue weighted by Crippen LogP contribution is 2.36. The van der Waals surface area contributed by atoms with Gasteiger partial charge in [-0.05, 0) is 43.3 Å². The third kappa shape index (κ3) is 4.64. The van der Waals surface area contributed by atoms with Gasteiger partial charge in [-0.1, -0.05) is 53.0 Å². The molecule has 4 aromatic rings. The predicted octanol–water partition coefficient (Wildman–Crippen LogP) is 6.18. The van der Waals surface area contributed by atoms with Crippen molar-refractivity contribution in [3.63, 3.8) is 0 Å². The summed E-state index contributed by atoms with van der Waals surface area (Å²) in [4.78, 5) is 12.8. The second-order valence-electron chi connectivity index (χ2n) is 7.53. The average Bonchev–Trinajstić information content (AvgIpc) is 3.07. The number of anilines is 2. The molecule has 0 atom stereocenters. The number of para-hydroxylation sites is 1. The summed E-state index contributed by atoms with van der Waals surface area (Å²) in [7, 11) is -3.84. The van der Waals surface area contributed by atoms with Crippen molar-refractivity contribution in [1.82, 2.24) is 4.57 Å². The molecule has 0 spiro atoms. The molecule has 1 heterocycles. The maximum Gasteiger partial charge on any atom is 0.245 e. The van der Waals surface area contributed by atoms with Gasteiger partial charge >= 0.3 is 0 Å². The summed E-state index contributed by atoms with van der Waals surface area (Å²) in [5, 5.41) is 5.24. The number of hydrogen-bond donors (Lipinski definition) is 1.